The number of methoxy groups -OCH3 is 2. The van der Waals surface area contributed by atoms with E-state index < -0.39 is 31.5 Å². The molecule has 2 unspecified atom stereocenters. The molecule has 1 N–H and O–H groups in total. The second-order valence-corrected chi connectivity index (χ2v) is 13.7. The molecule has 1 heterocycles. The smallest absolute Gasteiger partial charge is 0.328 e. The van der Waals surface area contributed by atoms with E-state index in [1.54, 1.807) is 21.1 Å². The first kappa shape index (κ1) is 38.5. The number of hydrogen-bond acceptors (Lipinski definition) is 9. The van der Waals surface area contributed by atoms with Gasteiger partial charge in [0.1, 0.15) is 23.2 Å². The third-order valence-electron chi connectivity index (χ3n) is 8.13. The Morgan fingerprint density at radius 3 is 2.14 bits per heavy atom. The van der Waals surface area contributed by atoms with Crippen LogP contribution in [0.4, 0.5) is 0 Å². The van der Waals surface area contributed by atoms with Crippen LogP contribution in [0.5, 0.6) is 11.5 Å². The fourth-order valence-corrected chi connectivity index (χ4v) is 7.51. The van der Waals surface area contributed by atoms with Crippen molar-refractivity contribution in [3.63, 3.8) is 0 Å². The lowest BCUT2D eigenvalue weighted by atomic mass is 9.80. The molecule has 0 aliphatic rings. The average molecular weight is 703 g/mol. The highest BCUT2D eigenvalue weighted by Crippen LogP contribution is 2.48. The van der Waals surface area contributed by atoms with E-state index in [2.05, 4.69) is 43.4 Å². The van der Waals surface area contributed by atoms with Gasteiger partial charge in [-0.2, -0.15) is 5.26 Å². The number of nitrogens with one attached hydrogen (secondary N) is 1. The summed E-state index contributed by atoms with van der Waals surface area (Å²) in [6.45, 7) is 10.1. The Morgan fingerprint density at radius 2 is 1.52 bits per heavy atom. The summed E-state index contributed by atoms with van der Waals surface area (Å²) in [5, 5.41) is 9.28. The van der Waals surface area contributed by atoms with Gasteiger partial charge in [0.15, 0.2) is 0 Å². The van der Waals surface area contributed by atoms with Gasteiger partial charge in [0.25, 0.3) is 14.1 Å². The van der Waals surface area contributed by atoms with E-state index in [-0.39, 0.29) is 38.3 Å². The molecule has 0 aliphatic carbocycles. The molecule has 0 saturated heterocycles. The van der Waals surface area contributed by atoms with E-state index in [1.807, 2.05) is 78.9 Å². The largest absolute Gasteiger partial charge is 0.497 e. The van der Waals surface area contributed by atoms with Crippen molar-refractivity contribution in [2.75, 3.05) is 27.4 Å². The molecule has 4 rings (SSSR count). The maximum atomic E-state index is 13.1. The number of aromatic nitrogens is 2. The summed E-state index contributed by atoms with van der Waals surface area (Å²) < 4.78 is 35.0. The third-order valence-corrected chi connectivity index (χ3v) is 10.3. The molecule has 12 heteroatoms. The van der Waals surface area contributed by atoms with Crippen molar-refractivity contribution >= 4 is 8.53 Å². The van der Waals surface area contributed by atoms with Crippen LogP contribution in [-0.2, 0) is 25.9 Å². The number of nitriles is 1. The van der Waals surface area contributed by atoms with Crippen LogP contribution in [0.2, 0.25) is 0 Å². The Hall–Kier alpha value is -4.30. The van der Waals surface area contributed by atoms with Crippen LogP contribution < -0.4 is 20.7 Å². The Labute approximate surface area is 295 Å². The van der Waals surface area contributed by atoms with Gasteiger partial charge in [-0.05, 0) is 75.6 Å². The summed E-state index contributed by atoms with van der Waals surface area (Å²) in [6.07, 6.45) is 0.962. The number of aromatic amines is 1. The highest BCUT2D eigenvalue weighted by atomic mass is 31.2. The molecule has 11 nitrogen and oxygen atoms in total. The van der Waals surface area contributed by atoms with E-state index in [4.69, 9.17) is 23.3 Å². The van der Waals surface area contributed by atoms with Gasteiger partial charge >= 0.3 is 5.69 Å². The third kappa shape index (κ3) is 9.27. The SMILES string of the molecule is COc1ccc(C(OC[C@H](Cn2cc(C)c(=O)[nH]c2=O)OP(OCCC#N)N(C(C)C)C(C)C)(c2ccccc2)c2cccc(OC)c2)cc1. The maximum Gasteiger partial charge on any atom is 0.328 e. The zero-order chi connectivity index (χ0) is 36.3. The molecule has 0 bridgehead atoms. The monoisotopic (exact) mass is 702 g/mol. The first-order valence-electron chi connectivity index (χ1n) is 16.6. The van der Waals surface area contributed by atoms with Crippen molar-refractivity contribution in [1.29, 1.82) is 5.26 Å². The molecule has 0 amide bonds. The van der Waals surface area contributed by atoms with E-state index in [9.17, 15) is 14.9 Å². The highest BCUT2D eigenvalue weighted by molar-refractivity contribution is 7.44. The number of rotatable bonds is 18. The molecule has 1 aromatic heterocycles. The van der Waals surface area contributed by atoms with Gasteiger partial charge in [-0.15, -0.1) is 0 Å². The Morgan fingerprint density at radius 1 is 0.880 bits per heavy atom. The van der Waals surface area contributed by atoms with E-state index >= 15 is 0 Å². The molecule has 50 heavy (non-hydrogen) atoms. The molecule has 4 aromatic rings. The Balaban J connectivity index is 1.89. The number of hydrogen-bond donors (Lipinski definition) is 1. The molecule has 266 valence electrons. The van der Waals surface area contributed by atoms with Crippen molar-refractivity contribution in [3.8, 4) is 17.6 Å². The Bertz CT molecular complexity index is 1810. The van der Waals surface area contributed by atoms with Crippen molar-refractivity contribution in [1.82, 2.24) is 14.2 Å². The fourth-order valence-electron chi connectivity index (χ4n) is 5.82. The van der Waals surface area contributed by atoms with Crippen LogP contribution >= 0.6 is 8.53 Å². The van der Waals surface area contributed by atoms with Crippen LogP contribution in [0.3, 0.4) is 0 Å². The van der Waals surface area contributed by atoms with Crippen molar-refractivity contribution in [3.05, 3.63) is 128 Å². The minimum absolute atomic E-state index is 0.00673. The van der Waals surface area contributed by atoms with Crippen LogP contribution in [0, 0.1) is 18.3 Å². The molecular weight excluding hydrogens is 655 g/mol. The number of ether oxygens (including phenoxy) is 3. The molecule has 0 aliphatic heterocycles. The molecular formula is C38H47N4O7P. The molecule has 0 radical (unpaired) electrons. The number of H-pyrrole nitrogens is 1. The lowest BCUT2D eigenvalue weighted by Gasteiger charge is -2.39. The predicted molar refractivity (Wildman–Crippen MR) is 194 cm³/mol. The second kappa shape index (κ2) is 18.1. The quantitative estimate of drug-likeness (QED) is 0.0699. The molecule has 3 aromatic carbocycles. The van der Waals surface area contributed by atoms with Gasteiger partial charge < -0.3 is 23.3 Å². The lowest BCUT2D eigenvalue weighted by molar-refractivity contribution is -0.0387. The molecule has 0 fully saturated rings. The van der Waals surface area contributed by atoms with Gasteiger partial charge in [-0.3, -0.25) is 14.3 Å². The van der Waals surface area contributed by atoms with Gasteiger partial charge in [-0.1, -0.05) is 54.6 Å². The maximum absolute atomic E-state index is 13.1. The summed E-state index contributed by atoms with van der Waals surface area (Å²) in [5.41, 5.74) is 0.688. The van der Waals surface area contributed by atoms with Crippen LogP contribution in [0.15, 0.2) is 94.6 Å². The van der Waals surface area contributed by atoms with E-state index in [0.717, 1.165) is 16.7 Å². The first-order chi connectivity index (χ1) is 24.0. The molecule has 0 saturated carbocycles. The van der Waals surface area contributed by atoms with Crippen LogP contribution in [-0.4, -0.2) is 59.8 Å². The van der Waals surface area contributed by atoms with E-state index in [1.165, 1.54) is 10.8 Å². The molecule has 0 spiro atoms. The number of benzene rings is 3. The topological polar surface area (TPSA) is 128 Å². The zero-order valence-corrected chi connectivity index (χ0v) is 30.7. The number of nitrogens with zero attached hydrogens (tertiary/aromatic N) is 3. The minimum Gasteiger partial charge on any atom is -0.497 e. The summed E-state index contributed by atoms with van der Waals surface area (Å²) in [6, 6.07) is 27.5. The highest BCUT2D eigenvalue weighted by Gasteiger charge is 2.40. The van der Waals surface area contributed by atoms with Crippen LogP contribution in [0.25, 0.3) is 0 Å². The van der Waals surface area contributed by atoms with E-state index in [0.29, 0.717) is 17.1 Å². The van der Waals surface area contributed by atoms with Gasteiger partial charge in [-0.25, -0.2) is 9.46 Å². The summed E-state index contributed by atoms with van der Waals surface area (Å²) in [5.74, 6) is 1.35. The standard InChI is InChI=1S/C38H47N4O7P/c1-27(2)42(28(3)4)50(48-22-12-21-39)49-35(25-41-24-29(5)36(43)40-37(41)44)26-47-38(30-13-9-8-10-14-30,31-17-19-33(45-6)20-18-31)32-15-11-16-34(23-32)46-7/h8-11,13-20,23-24,27-28,35H,12,22,25-26H2,1-7H3,(H,40,43,44)/t35-,38?,50?/m0/s1. The predicted octanol–water partition coefficient (Wildman–Crippen LogP) is 6.53. The minimum atomic E-state index is -1.72. The normalized spacial score (nSPS) is 13.9. The number of aryl methyl sites for hydroxylation is 1. The average Bonchev–Trinajstić information content (AvgIpc) is 3.11. The zero-order valence-electron chi connectivity index (χ0n) is 29.8. The summed E-state index contributed by atoms with van der Waals surface area (Å²) >= 11 is 0. The second-order valence-electron chi connectivity index (χ2n) is 12.3. The lowest BCUT2D eigenvalue weighted by Crippen LogP contribution is -2.41. The van der Waals surface area contributed by atoms with Crippen molar-refractivity contribution in [2.24, 2.45) is 0 Å². The first-order valence-corrected chi connectivity index (χ1v) is 17.7. The van der Waals surface area contributed by atoms with Crippen molar-refractivity contribution < 1.29 is 23.3 Å². The fraction of sp³-hybridized carbons (Fsp3) is 0.395. The molecule has 3 atom stereocenters. The van der Waals surface area contributed by atoms with Gasteiger partial charge in [0.05, 0.1) is 46.5 Å². The van der Waals surface area contributed by atoms with Gasteiger partial charge in [0.2, 0.25) is 0 Å². The Kier molecular flexibility index (Phi) is 13.9. The van der Waals surface area contributed by atoms with Crippen molar-refractivity contribution in [2.45, 2.75) is 71.4 Å². The summed E-state index contributed by atoms with van der Waals surface area (Å²) in [4.78, 5) is 27.8. The van der Waals surface area contributed by atoms with Gasteiger partial charge in [0, 0.05) is 23.8 Å². The summed E-state index contributed by atoms with van der Waals surface area (Å²) in [7, 11) is 1.52. The van der Waals surface area contributed by atoms with Crippen LogP contribution in [0.1, 0.15) is 56.4 Å².